The Morgan fingerprint density at radius 1 is 1.65 bits per heavy atom. The van der Waals surface area contributed by atoms with Crippen LogP contribution in [0.25, 0.3) is 0 Å². The number of hydrogen-bond acceptors (Lipinski definition) is 3. The number of thiophene rings is 1. The highest BCUT2D eigenvalue weighted by molar-refractivity contribution is 9.11. The minimum Gasteiger partial charge on any atom is -0.382 e. The lowest BCUT2D eigenvalue weighted by molar-refractivity contribution is -0.131. The van der Waals surface area contributed by atoms with Crippen LogP contribution < -0.4 is 0 Å². The van der Waals surface area contributed by atoms with Crippen LogP contribution in [0.1, 0.15) is 25.3 Å². The van der Waals surface area contributed by atoms with E-state index in [1.54, 1.807) is 23.3 Å². The van der Waals surface area contributed by atoms with Gasteiger partial charge in [-0.1, -0.05) is 0 Å². The minimum atomic E-state index is 0.141. The molecule has 1 rings (SSSR count). The van der Waals surface area contributed by atoms with E-state index in [4.69, 9.17) is 4.74 Å². The summed E-state index contributed by atoms with van der Waals surface area (Å²) in [6.45, 7) is 2.64. The molecule has 0 aliphatic rings. The van der Waals surface area contributed by atoms with Gasteiger partial charge in [0.2, 0.25) is 5.91 Å². The molecule has 0 radical (unpaired) electrons. The molecule has 0 aromatic carbocycles. The van der Waals surface area contributed by atoms with Crippen LogP contribution in [0, 0.1) is 0 Å². The molecule has 0 bridgehead atoms. The molecule has 0 spiro atoms. The Morgan fingerprint density at radius 3 is 2.88 bits per heavy atom. The fourth-order valence-electron chi connectivity index (χ4n) is 1.43. The monoisotopic (exact) mass is 319 g/mol. The van der Waals surface area contributed by atoms with Crippen molar-refractivity contribution in [2.24, 2.45) is 0 Å². The lowest BCUT2D eigenvalue weighted by atomic mass is 10.2. The van der Waals surface area contributed by atoms with Gasteiger partial charge in [-0.05, 0) is 46.3 Å². The zero-order chi connectivity index (χ0) is 12.8. The van der Waals surface area contributed by atoms with E-state index in [1.807, 2.05) is 20.0 Å². The minimum absolute atomic E-state index is 0.141. The van der Waals surface area contributed by atoms with Gasteiger partial charge in [0.05, 0.1) is 9.89 Å². The molecular formula is C12H18BrNO2S. The van der Waals surface area contributed by atoms with Gasteiger partial charge in [0.25, 0.3) is 0 Å². The molecule has 1 aromatic rings. The molecule has 1 unspecified atom stereocenters. The van der Waals surface area contributed by atoms with Crippen molar-refractivity contribution in [1.82, 2.24) is 4.90 Å². The van der Waals surface area contributed by atoms with E-state index >= 15 is 0 Å². The molecular weight excluding hydrogens is 302 g/mol. The molecule has 1 amide bonds. The van der Waals surface area contributed by atoms with Crippen LogP contribution >= 0.6 is 27.3 Å². The zero-order valence-corrected chi connectivity index (χ0v) is 12.8. The fraction of sp³-hybridized carbons (Fsp3) is 0.583. The number of carbonyl (C=O) groups is 1. The zero-order valence-electron chi connectivity index (χ0n) is 10.4. The molecule has 5 heteroatoms. The third-order valence-corrected chi connectivity index (χ3v) is 4.19. The van der Waals surface area contributed by atoms with Crippen LogP contribution in [-0.4, -0.2) is 31.1 Å². The second-order valence-corrected chi connectivity index (χ2v) is 6.38. The highest BCUT2D eigenvalue weighted by Crippen LogP contribution is 2.21. The van der Waals surface area contributed by atoms with Gasteiger partial charge < -0.3 is 9.64 Å². The molecule has 0 aliphatic carbocycles. The summed E-state index contributed by atoms with van der Waals surface area (Å²) in [4.78, 5) is 13.6. The SMILES string of the molecule is COC(C)CCC(=O)N(C)Cc1csc(Br)c1. The maximum Gasteiger partial charge on any atom is 0.222 e. The lowest BCUT2D eigenvalue weighted by Crippen LogP contribution is -2.26. The number of ether oxygens (including phenoxy) is 1. The number of halogens is 1. The fourth-order valence-corrected chi connectivity index (χ4v) is 2.63. The molecule has 0 N–H and O–H groups in total. The second-order valence-electron chi connectivity index (χ2n) is 4.09. The predicted octanol–water partition coefficient (Wildman–Crippen LogP) is 3.28. The van der Waals surface area contributed by atoms with Gasteiger partial charge in [0.15, 0.2) is 0 Å². The number of amides is 1. The van der Waals surface area contributed by atoms with Crippen molar-refractivity contribution in [1.29, 1.82) is 0 Å². The molecule has 96 valence electrons. The number of rotatable bonds is 6. The summed E-state index contributed by atoms with van der Waals surface area (Å²) in [6.07, 6.45) is 1.45. The smallest absolute Gasteiger partial charge is 0.222 e. The third kappa shape index (κ3) is 5.19. The lowest BCUT2D eigenvalue weighted by Gasteiger charge is -2.17. The molecule has 17 heavy (non-hydrogen) atoms. The topological polar surface area (TPSA) is 29.5 Å². The van der Waals surface area contributed by atoms with Gasteiger partial charge in [0, 0.05) is 27.1 Å². The molecule has 1 heterocycles. The Labute approximate surface area is 115 Å². The normalized spacial score (nSPS) is 12.5. The Kier molecular flexibility index (Phi) is 6.16. The molecule has 0 fully saturated rings. The highest BCUT2D eigenvalue weighted by Gasteiger charge is 2.11. The highest BCUT2D eigenvalue weighted by atomic mass is 79.9. The van der Waals surface area contributed by atoms with Gasteiger partial charge in [-0.3, -0.25) is 4.79 Å². The number of carbonyl (C=O) groups excluding carboxylic acids is 1. The van der Waals surface area contributed by atoms with Crippen LogP contribution in [0.2, 0.25) is 0 Å². The first-order valence-electron chi connectivity index (χ1n) is 5.52. The van der Waals surface area contributed by atoms with Crippen molar-refractivity contribution in [3.63, 3.8) is 0 Å². The van der Waals surface area contributed by atoms with Gasteiger partial charge in [-0.2, -0.15) is 0 Å². The number of nitrogens with zero attached hydrogens (tertiary/aromatic N) is 1. The molecule has 1 aromatic heterocycles. The first kappa shape index (κ1) is 14.7. The third-order valence-electron chi connectivity index (χ3n) is 2.63. The van der Waals surface area contributed by atoms with Gasteiger partial charge >= 0.3 is 0 Å². The maximum atomic E-state index is 11.8. The van der Waals surface area contributed by atoms with Crippen LogP contribution in [-0.2, 0) is 16.1 Å². The Bertz CT molecular complexity index is 367. The summed E-state index contributed by atoms with van der Waals surface area (Å²) in [5.41, 5.74) is 1.16. The number of methoxy groups -OCH3 is 1. The average Bonchev–Trinajstić information content (AvgIpc) is 2.70. The van der Waals surface area contributed by atoms with Crippen molar-refractivity contribution >= 4 is 33.2 Å². The number of hydrogen-bond donors (Lipinski definition) is 0. The van der Waals surface area contributed by atoms with Crippen molar-refractivity contribution in [3.05, 3.63) is 20.8 Å². The summed E-state index contributed by atoms with van der Waals surface area (Å²) >= 11 is 5.06. The largest absolute Gasteiger partial charge is 0.382 e. The molecule has 0 aliphatic heterocycles. The molecule has 1 atom stereocenters. The predicted molar refractivity (Wildman–Crippen MR) is 74.2 cm³/mol. The summed E-state index contributed by atoms with van der Waals surface area (Å²) < 4.78 is 6.23. The molecule has 0 saturated heterocycles. The van der Waals surface area contributed by atoms with E-state index in [9.17, 15) is 4.79 Å². The Hall–Kier alpha value is -0.390. The van der Waals surface area contributed by atoms with Crippen LogP contribution in [0.5, 0.6) is 0 Å². The van der Waals surface area contributed by atoms with Gasteiger partial charge in [0.1, 0.15) is 0 Å². The van der Waals surface area contributed by atoms with E-state index in [0.29, 0.717) is 13.0 Å². The van der Waals surface area contributed by atoms with E-state index in [-0.39, 0.29) is 12.0 Å². The Morgan fingerprint density at radius 2 is 2.35 bits per heavy atom. The van der Waals surface area contributed by atoms with E-state index in [2.05, 4.69) is 21.3 Å². The van der Waals surface area contributed by atoms with Crippen LogP contribution in [0.15, 0.2) is 15.2 Å². The summed E-state index contributed by atoms with van der Waals surface area (Å²) in [5.74, 6) is 0.163. The Balaban J connectivity index is 2.36. The average molecular weight is 320 g/mol. The summed E-state index contributed by atoms with van der Waals surface area (Å²) in [6, 6.07) is 2.05. The first-order valence-corrected chi connectivity index (χ1v) is 7.20. The summed E-state index contributed by atoms with van der Waals surface area (Å²) in [7, 11) is 3.51. The van der Waals surface area contributed by atoms with Crippen molar-refractivity contribution in [3.8, 4) is 0 Å². The standard InChI is InChI=1S/C12H18BrNO2S/c1-9(16-3)4-5-12(15)14(2)7-10-6-11(13)17-8-10/h6,8-9H,4-5,7H2,1-3H3. The quantitative estimate of drug-likeness (QED) is 0.805. The van der Waals surface area contributed by atoms with E-state index < -0.39 is 0 Å². The second kappa shape index (κ2) is 7.13. The summed E-state index contributed by atoms with van der Waals surface area (Å²) in [5, 5.41) is 2.06. The maximum absolute atomic E-state index is 11.8. The van der Waals surface area contributed by atoms with E-state index in [1.165, 1.54) is 0 Å². The van der Waals surface area contributed by atoms with Crippen LogP contribution in [0.4, 0.5) is 0 Å². The first-order chi connectivity index (χ1) is 8.02. The van der Waals surface area contributed by atoms with Crippen molar-refractivity contribution in [2.45, 2.75) is 32.4 Å². The van der Waals surface area contributed by atoms with Crippen molar-refractivity contribution in [2.75, 3.05) is 14.2 Å². The molecule has 3 nitrogen and oxygen atoms in total. The van der Waals surface area contributed by atoms with Gasteiger partial charge in [-0.25, -0.2) is 0 Å². The van der Waals surface area contributed by atoms with Gasteiger partial charge in [-0.15, -0.1) is 11.3 Å². The molecule has 0 saturated carbocycles. The van der Waals surface area contributed by atoms with E-state index in [0.717, 1.165) is 15.8 Å². The van der Waals surface area contributed by atoms with Crippen molar-refractivity contribution < 1.29 is 9.53 Å². The van der Waals surface area contributed by atoms with Crippen LogP contribution in [0.3, 0.4) is 0 Å².